The first-order valence-corrected chi connectivity index (χ1v) is 11.6. The fraction of sp³-hybridized carbons (Fsp3) is 1.00. The van der Waals surface area contributed by atoms with Crippen LogP contribution in [0.3, 0.4) is 0 Å². The van der Waals surface area contributed by atoms with Crippen molar-refractivity contribution < 1.29 is 28.5 Å². The smallest absolute Gasteiger partial charge is 0.0790 e. The van der Waals surface area contributed by atoms with Gasteiger partial charge in [-0.05, 0) is 12.8 Å². The first kappa shape index (κ1) is 27.4. The molecule has 0 saturated heterocycles. The second-order valence-corrected chi connectivity index (χ2v) is 8.81. The summed E-state index contributed by atoms with van der Waals surface area (Å²) in [5.74, 6) is 0. The lowest BCUT2D eigenvalue weighted by Crippen LogP contribution is -3.00. The predicted molar refractivity (Wildman–Crippen MR) is 111 cm³/mol. The number of rotatable bonds is 18. The highest BCUT2D eigenvalue weighted by molar-refractivity contribution is 9.09. The van der Waals surface area contributed by atoms with E-state index in [0.717, 1.165) is 5.33 Å². The van der Waals surface area contributed by atoms with E-state index in [1.165, 1.54) is 114 Å². The molecule has 0 N–H and O–H groups in total. The first-order valence-electron chi connectivity index (χ1n) is 10.5. The summed E-state index contributed by atoms with van der Waals surface area (Å²) in [5.41, 5.74) is 0. The van der Waals surface area contributed by atoms with Crippen LogP contribution in [0.25, 0.3) is 0 Å². The van der Waals surface area contributed by atoms with Crippen molar-refractivity contribution in [3.8, 4) is 0 Å². The highest BCUT2D eigenvalue weighted by Crippen LogP contribution is 2.13. The molecule has 0 saturated carbocycles. The third-order valence-corrected chi connectivity index (χ3v) is 5.57. The van der Waals surface area contributed by atoms with Crippen LogP contribution in [0.1, 0.15) is 103 Å². The molecule has 0 aliphatic heterocycles. The molecule has 0 bridgehead atoms. The van der Waals surface area contributed by atoms with Crippen LogP contribution in [-0.4, -0.2) is 37.0 Å². The Hall–Kier alpha value is 1.17. The van der Waals surface area contributed by atoms with Gasteiger partial charge >= 0.3 is 0 Å². The number of nitrogens with zero attached hydrogens (tertiary/aromatic N) is 1. The normalized spacial score (nSPS) is 11.5. The summed E-state index contributed by atoms with van der Waals surface area (Å²) in [7, 11) is 4.76. The van der Waals surface area contributed by atoms with E-state index in [9.17, 15) is 0 Å². The van der Waals surface area contributed by atoms with E-state index in [2.05, 4.69) is 36.9 Å². The Morgan fingerprint density at radius 1 is 0.542 bits per heavy atom. The second kappa shape index (κ2) is 20.5. The molecule has 0 unspecified atom stereocenters. The van der Waals surface area contributed by atoms with Gasteiger partial charge in [0.15, 0.2) is 0 Å². The molecule has 0 atom stereocenters. The molecule has 0 aliphatic carbocycles. The number of unbranched alkanes of at least 4 members (excludes halogenated alkanes) is 13. The summed E-state index contributed by atoms with van der Waals surface area (Å²) in [6.45, 7) is 4.96. The fourth-order valence-corrected chi connectivity index (χ4v) is 3.58. The molecule has 0 heterocycles. The Kier molecular flexibility index (Phi) is 23.4. The van der Waals surface area contributed by atoms with Crippen LogP contribution in [0.15, 0.2) is 0 Å². The van der Waals surface area contributed by atoms with Gasteiger partial charge in [0.25, 0.3) is 0 Å². The van der Waals surface area contributed by atoms with E-state index >= 15 is 0 Å². The maximum absolute atomic E-state index is 3.54. The highest BCUT2D eigenvalue weighted by atomic mass is 127. The van der Waals surface area contributed by atoms with Crippen LogP contribution in [0.4, 0.5) is 0 Å². The average molecular weight is 518 g/mol. The molecule has 0 radical (unpaired) electrons. The minimum Gasteiger partial charge on any atom is -1.00 e. The van der Waals surface area contributed by atoms with Crippen molar-refractivity contribution in [3.05, 3.63) is 0 Å². The Balaban J connectivity index is 0. The summed E-state index contributed by atoms with van der Waals surface area (Å²) >= 11 is 3.54. The molecule has 0 aromatic carbocycles. The minimum atomic E-state index is 0. The Bertz CT molecular complexity index is 234. The highest BCUT2D eigenvalue weighted by Gasteiger charge is 2.12. The summed E-state index contributed by atoms with van der Waals surface area (Å²) in [6.07, 6.45) is 21.6. The standard InChI is InChI=1S/C21H45BrN.HI/c1-4-5-6-7-8-9-10-11-12-13-14-15-16-17-20-23(2,3)21-18-19-22;/h4-21H2,1-3H3;1H/q+1;/p-1. The maximum atomic E-state index is 3.54. The van der Waals surface area contributed by atoms with E-state index in [4.69, 9.17) is 0 Å². The molecule has 1 nitrogen and oxygen atoms in total. The Labute approximate surface area is 179 Å². The van der Waals surface area contributed by atoms with Gasteiger partial charge < -0.3 is 28.5 Å². The third-order valence-electron chi connectivity index (χ3n) is 5.01. The lowest BCUT2D eigenvalue weighted by Gasteiger charge is -2.29. The fourth-order valence-electron chi connectivity index (χ4n) is 3.33. The summed E-state index contributed by atoms with van der Waals surface area (Å²) in [4.78, 5) is 0. The van der Waals surface area contributed by atoms with Crippen LogP contribution in [0.2, 0.25) is 0 Å². The van der Waals surface area contributed by atoms with Gasteiger partial charge in [0.2, 0.25) is 0 Å². The molecule has 0 amide bonds. The molecule has 3 heteroatoms. The number of alkyl halides is 1. The molecular formula is C21H45BrIN. The van der Waals surface area contributed by atoms with Crippen molar-refractivity contribution in [1.29, 1.82) is 0 Å². The topological polar surface area (TPSA) is 0 Å². The largest absolute Gasteiger partial charge is 1.00 e. The van der Waals surface area contributed by atoms with Gasteiger partial charge in [-0.15, -0.1) is 0 Å². The van der Waals surface area contributed by atoms with Gasteiger partial charge in [-0.1, -0.05) is 99.9 Å². The van der Waals surface area contributed by atoms with E-state index in [1.807, 2.05) is 0 Å². The number of hydrogen-bond donors (Lipinski definition) is 0. The maximum Gasteiger partial charge on any atom is 0.0790 e. The van der Waals surface area contributed by atoms with Gasteiger partial charge in [-0.25, -0.2) is 0 Å². The number of quaternary nitrogens is 1. The first-order chi connectivity index (χ1) is 11.1. The monoisotopic (exact) mass is 517 g/mol. The lowest BCUT2D eigenvalue weighted by atomic mass is 10.0. The van der Waals surface area contributed by atoms with E-state index in [0.29, 0.717) is 0 Å². The molecule has 0 rings (SSSR count). The van der Waals surface area contributed by atoms with Crippen molar-refractivity contribution in [2.75, 3.05) is 32.5 Å². The van der Waals surface area contributed by atoms with Crippen molar-refractivity contribution in [3.63, 3.8) is 0 Å². The average Bonchev–Trinajstić information content (AvgIpc) is 2.53. The molecule has 0 aliphatic rings. The third kappa shape index (κ3) is 21.2. The Morgan fingerprint density at radius 2 is 0.875 bits per heavy atom. The molecule has 0 aromatic rings. The zero-order valence-electron chi connectivity index (χ0n) is 16.9. The zero-order chi connectivity index (χ0) is 17.2. The van der Waals surface area contributed by atoms with Crippen LogP contribution in [0.5, 0.6) is 0 Å². The Morgan fingerprint density at radius 3 is 1.25 bits per heavy atom. The number of halogens is 2. The van der Waals surface area contributed by atoms with E-state index < -0.39 is 0 Å². The number of hydrogen-bond acceptors (Lipinski definition) is 0. The van der Waals surface area contributed by atoms with Crippen LogP contribution in [-0.2, 0) is 0 Å². The van der Waals surface area contributed by atoms with Gasteiger partial charge in [0.1, 0.15) is 0 Å². The zero-order valence-corrected chi connectivity index (χ0v) is 20.7. The van der Waals surface area contributed by atoms with E-state index in [1.54, 1.807) is 0 Å². The summed E-state index contributed by atoms with van der Waals surface area (Å²) in [6, 6.07) is 0. The van der Waals surface area contributed by atoms with Crippen molar-refractivity contribution in [1.82, 2.24) is 0 Å². The van der Waals surface area contributed by atoms with E-state index in [-0.39, 0.29) is 24.0 Å². The van der Waals surface area contributed by atoms with Crippen molar-refractivity contribution in [2.45, 2.75) is 103 Å². The molecule has 0 spiro atoms. The molecule has 148 valence electrons. The SMILES string of the molecule is CCCCCCCCCCCCCCCC[N+](C)(C)CCCBr.[I-]. The molecule has 0 aromatic heterocycles. The lowest BCUT2D eigenvalue weighted by molar-refractivity contribution is -0.890. The van der Waals surface area contributed by atoms with Crippen LogP contribution < -0.4 is 24.0 Å². The van der Waals surface area contributed by atoms with Gasteiger partial charge in [0, 0.05) is 11.8 Å². The van der Waals surface area contributed by atoms with Gasteiger partial charge in [-0.3, -0.25) is 0 Å². The molecule has 0 fully saturated rings. The predicted octanol–water partition coefficient (Wildman–Crippen LogP) is 4.33. The summed E-state index contributed by atoms with van der Waals surface area (Å²) in [5, 5.41) is 1.15. The van der Waals surface area contributed by atoms with Crippen LogP contribution in [0, 0.1) is 0 Å². The molecular weight excluding hydrogens is 473 g/mol. The summed E-state index contributed by atoms with van der Waals surface area (Å²) < 4.78 is 1.20. The van der Waals surface area contributed by atoms with Crippen LogP contribution >= 0.6 is 15.9 Å². The quantitative estimate of drug-likeness (QED) is 0.110. The van der Waals surface area contributed by atoms with Crippen molar-refractivity contribution >= 4 is 15.9 Å². The van der Waals surface area contributed by atoms with Gasteiger partial charge in [0.05, 0.1) is 27.2 Å². The van der Waals surface area contributed by atoms with Crippen molar-refractivity contribution in [2.24, 2.45) is 0 Å². The second-order valence-electron chi connectivity index (χ2n) is 8.02. The minimum absolute atomic E-state index is 0. The molecule has 24 heavy (non-hydrogen) atoms. The van der Waals surface area contributed by atoms with Gasteiger partial charge in [-0.2, -0.15) is 0 Å².